The molecule has 0 aromatic heterocycles. The molecule has 0 aliphatic rings. The van der Waals surface area contributed by atoms with Crippen molar-refractivity contribution in [2.75, 3.05) is 13.2 Å². The monoisotopic (exact) mass is 269 g/mol. The Labute approximate surface area is 121 Å². The van der Waals surface area contributed by atoms with E-state index in [-0.39, 0.29) is 0 Å². The number of rotatable bonds is 6. The van der Waals surface area contributed by atoms with E-state index in [9.17, 15) is 0 Å². The molecule has 0 saturated carbocycles. The molecule has 1 N–H and O–H groups in total. The van der Waals surface area contributed by atoms with Gasteiger partial charge in [-0.2, -0.15) is 0 Å². The maximum Gasteiger partial charge on any atom is 0.119 e. The lowest BCUT2D eigenvalue weighted by Crippen LogP contribution is -2.11. The predicted octanol–water partition coefficient (Wildman–Crippen LogP) is 4.17. The van der Waals surface area contributed by atoms with Gasteiger partial charge in [0, 0.05) is 6.54 Å². The van der Waals surface area contributed by atoms with E-state index in [1.807, 2.05) is 19.1 Å². The lowest BCUT2D eigenvalue weighted by molar-refractivity contribution is 0.340. The second-order valence-electron chi connectivity index (χ2n) is 4.89. The quantitative estimate of drug-likeness (QED) is 0.849. The van der Waals surface area contributed by atoms with Crippen LogP contribution in [0.5, 0.6) is 5.75 Å². The summed E-state index contributed by atoms with van der Waals surface area (Å²) in [4.78, 5) is 0. The molecule has 0 radical (unpaired) electrons. The molecule has 20 heavy (non-hydrogen) atoms. The molecule has 2 aromatic rings. The van der Waals surface area contributed by atoms with Gasteiger partial charge in [-0.15, -0.1) is 0 Å². The van der Waals surface area contributed by atoms with Crippen LogP contribution in [0.4, 0.5) is 0 Å². The van der Waals surface area contributed by atoms with Crippen molar-refractivity contribution in [2.45, 2.75) is 27.3 Å². The third-order valence-electron chi connectivity index (χ3n) is 3.33. The van der Waals surface area contributed by atoms with Crippen molar-refractivity contribution in [2.24, 2.45) is 0 Å². The van der Waals surface area contributed by atoms with E-state index in [0.29, 0.717) is 6.61 Å². The van der Waals surface area contributed by atoms with Gasteiger partial charge in [-0.05, 0) is 54.8 Å². The average molecular weight is 269 g/mol. The summed E-state index contributed by atoms with van der Waals surface area (Å²) in [6.45, 7) is 8.92. The second-order valence-corrected chi connectivity index (χ2v) is 4.89. The molecule has 0 unspecified atom stereocenters. The molecule has 0 bridgehead atoms. The lowest BCUT2D eigenvalue weighted by atomic mass is 9.98. The number of hydrogen-bond acceptors (Lipinski definition) is 2. The van der Waals surface area contributed by atoms with E-state index < -0.39 is 0 Å². The van der Waals surface area contributed by atoms with Crippen LogP contribution in [-0.2, 0) is 6.54 Å². The van der Waals surface area contributed by atoms with Crippen LogP contribution in [0.1, 0.15) is 25.0 Å². The van der Waals surface area contributed by atoms with Crippen LogP contribution in [0, 0.1) is 6.92 Å². The summed E-state index contributed by atoms with van der Waals surface area (Å²) in [5.74, 6) is 0.932. The highest BCUT2D eigenvalue weighted by Crippen LogP contribution is 2.27. The van der Waals surface area contributed by atoms with Crippen molar-refractivity contribution in [3.63, 3.8) is 0 Å². The standard InChI is InChI=1S/C18H23NO/c1-4-19-13-15-9-10-18(14(3)11-15)16-7-6-8-17(12-16)20-5-2/h6-12,19H,4-5,13H2,1-3H3. The highest BCUT2D eigenvalue weighted by atomic mass is 16.5. The van der Waals surface area contributed by atoms with E-state index >= 15 is 0 Å². The second kappa shape index (κ2) is 7.11. The van der Waals surface area contributed by atoms with E-state index in [1.165, 1.54) is 22.3 Å². The Balaban J connectivity index is 2.26. The molecule has 0 heterocycles. The van der Waals surface area contributed by atoms with Gasteiger partial charge in [-0.3, -0.25) is 0 Å². The molecule has 0 aliphatic heterocycles. The Morgan fingerprint density at radius 2 is 1.90 bits per heavy atom. The fraction of sp³-hybridized carbons (Fsp3) is 0.333. The van der Waals surface area contributed by atoms with Crippen LogP contribution in [0.3, 0.4) is 0 Å². The van der Waals surface area contributed by atoms with Gasteiger partial charge in [0.05, 0.1) is 6.61 Å². The summed E-state index contributed by atoms with van der Waals surface area (Å²) in [6.07, 6.45) is 0. The Kier molecular flexibility index (Phi) is 5.19. The SMILES string of the molecule is CCNCc1ccc(-c2cccc(OCC)c2)c(C)c1. The summed E-state index contributed by atoms with van der Waals surface area (Å²) in [6, 6.07) is 14.9. The molecular weight excluding hydrogens is 246 g/mol. The summed E-state index contributed by atoms with van der Waals surface area (Å²) < 4.78 is 5.57. The number of benzene rings is 2. The number of ether oxygens (including phenoxy) is 1. The highest BCUT2D eigenvalue weighted by Gasteiger charge is 2.04. The zero-order valence-corrected chi connectivity index (χ0v) is 12.6. The first kappa shape index (κ1) is 14.6. The molecule has 106 valence electrons. The molecule has 2 heteroatoms. The number of aryl methyl sites for hydroxylation is 1. The zero-order chi connectivity index (χ0) is 14.4. The van der Waals surface area contributed by atoms with Crippen LogP contribution < -0.4 is 10.1 Å². The van der Waals surface area contributed by atoms with Crippen molar-refractivity contribution in [3.05, 3.63) is 53.6 Å². The summed E-state index contributed by atoms with van der Waals surface area (Å²) in [5, 5.41) is 3.36. The Morgan fingerprint density at radius 1 is 1.05 bits per heavy atom. The van der Waals surface area contributed by atoms with Crippen LogP contribution in [-0.4, -0.2) is 13.2 Å². The minimum absolute atomic E-state index is 0.698. The lowest BCUT2D eigenvalue weighted by Gasteiger charge is -2.11. The number of hydrogen-bond donors (Lipinski definition) is 1. The molecular formula is C18H23NO. The van der Waals surface area contributed by atoms with Crippen molar-refractivity contribution >= 4 is 0 Å². The zero-order valence-electron chi connectivity index (χ0n) is 12.6. The largest absolute Gasteiger partial charge is 0.494 e. The van der Waals surface area contributed by atoms with Crippen LogP contribution >= 0.6 is 0 Å². The van der Waals surface area contributed by atoms with Gasteiger partial charge in [-0.1, -0.05) is 37.3 Å². The smallest absolute Gasteiger partial charge is 0.119 e. The maximum absolute atomic E-state index is 5.57. The molecule has 0 spiro atoms. The molecule has 0 atom stereocenters. The van der Waals surface area contributed by atoms with E-state index in [0.717, 1.165) is 18.8 Å². The predicted molar refractivity (Wildman–Crippen MR) is 85.2 cm³/mol. The molecule has 0 fully saturated rings. The Bertz CT molecular complexity index is 563. The molecule has 2 rings (SSSR count). The minimum atomic E-state index is 0.698. The fourth-order valence-electron chi connectivity index (χ4n) is 2.35. The third-order valence-corrected chi connectivity index (χ3v) is 3.33. The van der Waals surface area contributed by atoms with Gasteiger partial charge >= 0.3 is 0 Å². The summed E-state index contributed by atoms with van der Waals surface area (Å²) in [5.41, 5.74) is 5.11. The summed E-state index contributed by atoms with van der Waals surface area (Å²) in [7, 11) is 0. The van der Waals surface area contributed by atoms with Crippen molar-refractivity contribution in [3.8, 4) is 16.9 Å². The minimum Gasteiger partial charge on any atom is -0.494 e. The third kappa shape index (κ3) is 3.61. The Hall–Kier alpha value is -1.80. The fourth-order valence-corrected chi connectivity index (χ4v) is 2.35. The molecule has 0 aliphatic carbocycles. The molecule has 0 saturated heterocycles. The van der Waals surface area contributed by atoms with E-state index in [4.69, 9.17) is 4.74 Å². The normalized spacial score (nSPS) is 10.6. The van der Waals surface area contributed by atoms with Gasteiger partial charge in [-0.25, -0.2) is 0 Å². The molecule has 2 aromatic carbocycles. The first-order valence-corrected chi connectivity index (χ1v) is 7.28. The number of nitrogens with one attached hydrogen (secondary N) is 1. The van der Waals surface area contributed by atoms with Gasteiger partial charge in [0.2, 0.25) is 0 Å². The Morgan fingerprint density at radius 3 is 2.60 bits per heavy atom. The molecule has 2 nitrogen and oxygen atoms in total. The first-order valence-electron chi connectivity index (χ1n) is 7.28. The summed E-state index contributed by atoms with van der Waals surface area (Å²) >= 11 is 0. The van der Waals surface area contributed by atoms with Crippen molar-refractivity contribution < 1.29 is 4.74 Å². The molecule has 0 amide bonds. The van der Waals surface area contributed by atoms with Crippen LogP contribution in [0.2, 0.25) is 0 Å². The average Bonchev–Trinajstić information content (AvgIpc) is 2.46. The van der Waals surface area contributed by atoms with Crippen molar-refractivity contribution in [1.82, 2.24) is 5.32 Å². The highest BCUT2D eigenvalue weighted by molar-refractivity contribution is 5.68. The maximum atomic E-state index is 5.57. The van der Waals surface area contributed by atoms with E-state index in [1.54, 1.807) is 0 Å². The van der Waals surface area contributed by atoms with Gasteiger partial charge in [0.1, 0.15) is 5.75 Å². The van der Waals surface area contributed by atoms with Crippen LogP contribution in [0.15, 0.2) is 42.5 Å². The van der Waals surface area contributed by atoms with Crippen LogP contribution in [0.25, 0.3) is 11.1 Å². The van der Waals surface area contributed by atoms with Gasteiger partial charge in [0.25, 0.3) is 0 Å². The van der Waals surface area contributed by atoms with Gasteiger partial charge in [0.15, 0.2) is 0 Å². The van der Waals surface area contributed by atoms with Crippen molar-refractivity contribution in [1.29, 1.82) is 0 Å². The topological polar surface area (TPSA) is 21.3 Å². The first-order chi connectivity index (χ1) is 9.74. The van der Waals surface area contributed by atoms with E-state index in [2.05, 4.69) is 49.5 Å². The van der Waals surface area contributed by atoms with Gasteiger partial charge < -0.3 is 10.1 Å².